The summed E-state index contributed by atoms with van der Waals surface area (Å²) in [5.74, 6) is -1.63. The molecule has 0 spiro atoms. The van der Waals surface area contributed by atoms with E-state index >= 15 is 0 Å². The van der Waals surface area contributed by atoms with E-state index in [9.17, 15) is 18.8 Å². The smallest absolute Gasteiger partial charge is 0.336 e. The molecule has 1 aliphatic rings. The molecule has 0 bridgehead atoms. The van der Waals surface area contributed by atoms with Crippen molar-refractivity contribution in [1.82, 2.24) is 5.32 Å². The summed E-state index contributed by atoms with van der Waals surface area (Å²) in [5.41, 5.74) is -0.108. The van der Waals surface area contributed by atoms with Crippen LogP contribution in [0, 0.1) is 5.82 Å². The van der Waals surface area contributed by atoms with E-state index in [0.29, 0.717) is 39.6 Å². The normalized spacial score (nSPS) is 15.3. The number of hydrogen-bond acceptors (Lipinski definition) is 5. The van der Waals surface area contributed by atoms with Crippen LogP contribution < -0.4 is 19.7 Å². The largest absolute Gasteiger partial charge is 0.490 e. The lowest BCUT2D eigenvalue weighted by Gasteiger charge is -2.26. The van der Waals surface area contributed by atoms with E-state index in [0.717, 1.165) is 12.5 Å². The number of nitrogens with one attached hydrogen (secondary N) is 1. The molecule has 0 unspecified atom stereocenters. The van der Waals surface area contributed by atoms with Crippen molar-refractivity contribution in [3.8, 4) is 11.5 Å². The number of urea groups is 1. The molecule has 1 saturated heterocycles. The zero-order valence-electron chi connectivity index (χ0n) is 16.9. The first-order valence-corrected chi connectivity index (χ1v) is 10.4. The lowest BCUT2D eigenvalue weighted by Crippen LogP contribution is -2.54. The van der Waals surface area contributed by atoms with Gasteiger partial charge in [0.15, 0.2) is 11.5 Å². The first kappa shape index (κ1) is 22.5. The molecule has 9 heteroatoms. The maximum Gasteiger partial charge on any atom is 0.336 e. The SMILES string of the molecule is CCCOc1c(Br)cc(/C=C2/C(=O)NC(=O)N(c3ccccc3F)C2=O)cc1OCC. The molecule has 7 nitrogen and oxygen atoms in total. The zero-order chi connectivity index (χ0) is 22.5. The van der Waals surface area contributed by atoms with Gasteiger partial charge in [0.2, 0.25) is 0 Å². The van der Waals surface area contributed by atoms with E-state index in [1.807, 2.05) is 13.8 Å². The third-order valence-electron chi connectivity index (χ3n) is 4.29. The number of anilines is 1. The van der Waals surface area contributed by atoms with Gasteiger partial charge in [-0.15, -0.1) is 0 Å². The Hall–Kier alpha value is -3.20. The molecule has 1 aliphatic heterocycles. The zero-order valence-corrected chi connectivity index (χ0v) is 18.5. The fourth-order valence-corrected chi connectivity index (χ4v) is 3.53. The highest BCUT2D eigenvalue weighted by molar-refractivity contribution is 9.10. The lowest BCUT2D eigenvalue weighted by molar-refractivity contribution is -0.122. The second-order valence-electron chi connectivity index (χ2n) is 6.52. The molecule has 2 aromatic rings. The van der Waals surface area contributed by atoms with Crippen molar-refractivity contribution in [2.45, 2.75) is 20.3 Å². The molecule has 162 valence electrons. The first-order valence-electron chi connectivity index (χ1n) is 9.62. The minimum atomic E-state index is -1.02. The number of amides is 4. The molecular weight excluding hydrogens is 471 g/mol. The van der Waals surface area contributed by atoms with Crippen molar-refractivity contribution in [3.63, 3.8) is 0 Å². The summed E-state index contributed by atoms with van der Waals surface area (Å²) >= 11 is 3.43. The standard InChI is InChI=1S/C22H20BrFN2O5/c1-3-9-31-19-15(23)11-13(12-18(19)30-4-2)10-14-20(27)25-22(29)26(21(14)28)17-8-6-5-7-16(17)24/h5-8,10-12H,3-4,9H2,1-2H3,(H,25,27,29)/b14-10-. The second-order valence-corrected chi connectivity index (χ2v) is 7.38. The number of hydrogen-bond donors (Lipinski definition) is 1. The minimum absolute atomic E-state index is 0.247. The Labute approximate surface area is 186 Å². The van der Waals surface area contributed by atoms with Gasteiger partial charge >= 0.3 is 6.03 Å². The van der Waals surface area contributed by atoms with Crippen molar-refractivity contribution < 1.29 is 28.2 Å². The molecule has 4 amide bonds. The van der Waals surface area contributed by atoms with Gasteiger partial charge in [-0.2, -0.15) is 0 Å². The highest BCUT2D eigenvalue weighted by Crippen LogP contribution is 2.38. The fraction of sp³-hybridized carbons (Fsp3) is 0.227. The predicted octanol–water partition coefficient (Wildman–Crippen LogP) is 4.44. The molecule has 1 heterocycles. The van der Waals surface area contributed by atoms with Crippen LogP contribution in [0.4, 0.5) is 14.9 Å². The van der Waals surface area contributed by atoms with Crippen LogP contribution in [-0.2, 0) is 9.59 Å². The summed E-state index contributed by atoms with van der Waals surface area (Å²) in [6.45, 7) is 4.66. The maximum absolute atomic E-state index is 14.2. The molecular formula is C22H20BrFN2O5. The van der Waals surface area contributed by atoms with Gasteiger partial charge in [-0.1, -0.05) is 19.1 Å². The third-order valence-corrected chi connectivity index (χ3v) is 4.88. The molecule has 0 aliphatic carbocycles. The van der Waals surface area contributed by atoms with E-state index in [4.69, 9.17) is 9.47 Å². The van der Waals surface area contributed by atoms with Crippen LogP contribution in [0.15, 0.2) is 46.4 Å². The Morgan fingerprint density at radius 3 is 2.55 bits per heavy atom. The van der Waals surface area contributed by atoms with Gasteiger partial charge in [-0.3, -0.25) is 14.9 Å². The van der Waals surface area contributed by atoms with Crippen LogP contribution in [0.1, 0.15) is 25.8 Å². The maximum atomic E-state index is 14.2. The molecule has 0 aromatic heterocycles. The number of para-hydroxylation sites is 1. The Balaban J connectivity index is 2.03. The number of nitrogens with zero attached hydrogens (tertiary/aromatic N) is 1. The average Bonchev–Trinajstić information content (AvgIpc) is 2.72. The summed E-state index contributed by atoms with van der Waals surface area (Å²) in [4.78, 5) is 38.2. The number of ether oxygens (including phenoxy) is 2. The van der Waals surface area contributed by atoms with E-state index in [2.05, 4.69) is 21.2 Å². The summed E-state index contributed by atoms with van der Waals surface area (Å²) < 4.78 is 26.1. The topological polar surface area (TPSA) is 84.9 Å². The summed E-state index contributed by atoms with van der Waals surface area (Å²) in [6.07, 6.45) is 2.12. The number of imide groups is 2. The molecule has 0 saturated carbocycles. The van der Waals surface area contributed by atoms with Crippen molar-refractivity contribution in [2.75, 3.05) is 18.1 Å². The van der Waals surface area contributed by atoms with E-state index in [-0.39, 0.29) is 11.3 Å². The summed E-state index contributed by atoms with van der Waals surface area (Å²) in [6, 6.07) is 7.58. The van der Waals surface area contributed by atoms with Gasteiger partial charge in [0.1, 0.15) is 11.4 Å². The van der Waals surface area contributed by atoms with Crippen LogP contribution in [0.3, 0.4) is 0 Å². The molecule has 3 rings (SSSR count). The monoisotopic (exact) mass is 490 g/mol. The average molecular weight is 491 g/mol. The van der Waals surface area contributed by atoms with Crippen LogP contribution >= 0.6 is 15.9 Å². The predicted molar refractivity (Wildman–Crippen MR) is 116 cm³/mol. The quantitative estimate of drug-likeness (QED) is 0.457. The Morgan fingerprint density at radius 1 is 1.13 bits per heavy atom. The lowest BCUT2D eigenvalue weighted by atomic mass is 10.1. The third kappa shape index (κ3) is 4.77. The van der Waals surface area contributed by atoms with Gasteiger partial charge < -0.3 is 9.47 Å². The van der Waals surface area contributed by atoms with Crippen LogP contribution in [-0.4, -0.2) is 31.1 Å². The summed E-state index contributed by atoms with van der Waals surface area (Å²) in [5, 5.41) is 2.07. The Morgan fingerprint density at radius 2 is 1.87 bits per heavy atom. The van der Waals surface area contributed by atoms with Crippen LogP contribution in [0.5, 0.6) is 11.5 Å². The molecule has 1 fully saturated rings. The van der Waals surface area contributed by atoms with Gasteiger partial charge in [0.25, 0.3) is 11.8 Å². The molecule has 0 radical (unpaired) electrons. The highest BCUT2D eigenvalue weighted by Gasteiger charge is 2.38. The molecule has 2 aromatic carbocycles. The van der Waals surface area contributed by atoms with E-state index in [1.165, 1.54) is 24.3 Å². The van der Waals surface area contributed by atoms with E-state index in [1.54, 1.807) is 12.1 Å². The Kier molecular flexibility index (Phi) is 7.06. The van der Waals surface area contributed by atoms with E-state index < -0.39 is 23.7 Å². The molecule has 0 atom stereocenters. The number of barbiturate groups is 1. The van der Waals surface area contributed by atoms with Crippen LogP contribution in [0.25, 0.3) is 6.08 Å². The van der Waals surface area contributed by atoms with Gasteiger partial charge in [-0.25, -0.2) is 14.1 Å². The highest BCUT2D eigenvalue weighted by atomic mass is 79.9. The molecule has 31 heavy (non-hydrogen) atoms. The number of benzene rings is 2. The van der Waals surface area contributed by atoms with Gasteiger partial charge in [0, 0.05) is 0 Å². The Bertz CT molecular complexity index is 1070. The molecule has 1 N–H and O–H groups in total. The van der Waals surface area contributed by atoms with Gasteiger partial charge in [-0.05, 0) is 65.2 Å². The summed E-state index contributed by atoms with van der Waals surface area (Å²) in [7, 11) is 0. The first-order chi connectivity index (χ1) is 14.9. The fourth-order valence-electron chi connectivity index (χ4n) is 2.95. The van der Waals surface area contributed by atoms with Crippen molar-refractivity contribution in [1.29, 1.82) is 0 Å². The number of rotatable bonds is 7. The number of halogens is 2. The number of carbonyl (C=O) groups is 3. The minimum Gasteiger partial charge on any atom is -0.490 e. The van der Waals surface area contributed by atoms with Crippen molar-refractivity contribution >= 4 is 45.5 Å². The number of carbonyl (C=O) groups excluding carboxylic acids is 3. The van der Waals surface area contributed by atoms with Crippen molar-refractivity contribution in [3.05, 3.63) is 57.8 Å². The van der Waals surface area contributed by atoms with Gasteiger partial charge in [0.05, 0.1) is 23.4 Å². The van der Waals surface area contributed by atoms with Crippen molar-refractivity contribution in [2.24, 2.45) is 0 Å². The van der Waals surface area contributed by atoms with Crippen LogP contribution in [0.2, 0.25) is 0 Å². The second kappa shape index (κ2) is 9.74.